The summed E-state index contributed by atoms with van der Waals surface area (Å²) in [6.07, 6.45) is -2.44. The average Bonchev–Trinajstić information content (AvgIpc) is 3.31. The predicted octanol–water partition coefficient (Wildman–Crippen LogP) is 5.93. The zero-order chi connectivity index (χ0) is 29.9. The fourth-order valence-corrected chi connectivity index (χ4v) is 4.84. The molecule has 0 bridgehead atoms. The van der Waals surface area contributed by atoms with Crippen LogP contribution in [0, 0.1) is 11.6 Å². The molecule has 0 fully saturated rings. The molecule has 212 valence electrons. The monoisotopic (exact) mass is 589 g/mol. The normalized spacial score (nSPS) is 12.2. The molecule has 5 N–H and O–H groups in total. The van der Waals surface area contributed by atoms with Crippen LogP contribution in [0.3, 0.4) is 0 Å². The number of rotatable bonds is 8. The Labute approximate surface area is 230 Å². The fraction of sp³-hybridized carbons (Fsp3) is 0.0370. The molecule has 0 spiro atoms. The molecule has 14 heteroatoms. The van der Waals surface area contributed by atoms with Gasteiger partial charge in [0.15, 0.2) is 5.82 Å². The van der Waals surface area contributed by atoms with Crippen molar-refractivity contribution in [3.63, 3.8) is 0 Å². The molecule has 4 aromatic rings. The van der Waals surface area contributed by atoms with Gasteiger partial charge in [0.1, 0.15) is 17.5 Å². The number of para-hydroxylation sites is 1. The van der Waals surface area contributed by atoms with Gasteiger partial charge in [-0.15, -0.1) is 0 Å². The molecule has 4 rings (SSSR count). The van der Waals surface area contributed by atoms with Crippen LogP contribution < -0.4 is 15.8 Å². The lowest BCUT2D eigenvalue weighted by atomic mass is 9.99. The molecule has 41 heavy (non-hydrogen) atoms. The molecule has 0 saturated carbocycles. The summed E-state index contributed by atoms with van der Waals surface area (Å²) in [4.78, 5) is 19.5. The van der Waals surface area contributed by atoms with Crippen LogP contribution in [0.1, 0.15) is 27.0 Å². The number of halogens is 5. The number of amidine groups is 1. The van der Waals surface area contributed by atoms with E-state index in [1.165, 1.54) is 0 Å². The summed E-state index contributed by atoms with van der Waals surface area (Å²) in [5, 5.41) is 2.95. The van der Waals surface area contributed by atoms with E-state index < -0.39 is 55.3 Å². The van der Waals surface area contributed by atoms with E-state index in [0.29, 0.717) is 36.0 Å². The van der Waals surface area contributed by atoms with Crippen LogP contribution in [0.4, 0.5) is 39.1 Å². The number of nitrogens with zero attached hydrogens (tertiary/aromatic N) is 1. The Hall–Kier alpha value is -4.98. The van der Waals surface area contributed by atoms with Gasteiger partial charge in [0.05, 0.1) is 32.8 Å². The lowest BCUT2D eigenvalue weighted by molar-refractivity contribution is -0.137. The van der Waals surface area contributed by atoms with Crippen LogP contribution >= 0.6 is 0 Å². The molecular formula is C27H20F5N5O3S. The molecule has 0 aliphatic carbocycles. The van der Waals surface area contributed by atoms with E-state index in [4.69, 9.17) is 5.73 Å². The average molecular weight is 590 g/mol. The van der Waals surface area contributed by atoms with Crippen molar-refractivity contribution in [1.29, 1.82) is 0 Å². The summed E-state index contributed by atoms with van der Waals surface area (Å²) in [5.74, 6) is -4.13. The number of alkyl halides is 3. The van der Waals surface area contributed by atoms with Crippen molar-refractivity contribution in [3.05, 3.63) is 120 Å². The summed E-state index contributed by atoms with van der Waals surface area (Å²) in [7, 11) is -4.63. The fourth-order valence-electron chi connectivity index (χ4n) is 3.78. The van der Waals surface area contributed by atoms with Gasteiger partial charge in [-0.25, -0.2) is 22.2 Å². The van der Waals surface area contributed by atoms with Crippen molar-refractivity contribution < 1.29 is 35.2 Å². The van der Waals surface area contributed by atoms with Gasteiger partial charge in [0, 0.05) is 18.1 Å². The molecule has 0 unspecified atom stereocenters. The number of aromatic amines is 1. The molecule has 0 aliphatic rings. The molecule has 1 heterocycles. The Bertz CT molecular complexity index is 1750. The number of hydrogen-bond donors (Lipinski definition) is 4. The zero-order valence-corrected chi connectivity index (χ0v) is 21.6. The van der Waals surface area contributed by atoms with Crippen LogP contribution in [-0.2, 0) is 16.2 Å². The maximum atomic E-state index is 15.5. The van der Waals surface area contributed by atoms with Gasteiger partial charge < -0.3 is 16.0 Å². The zero-order valence-electron chi connectivity index (χ0n) is 20.8. The van der Waals surface area contributed by atoms with Crippen molar-refractivity contribution in [2.45, 2.75) is 11.1 Å². The number of benzene rings is 3. The number of ketones is 1. The molecule has 0 saturated heterocycles. The number of hydrogen-bond acceptors (Lipinski definition) is 5. The molecule has 8 nitrogen and oxygen atoms in total. The van der Waals surface area contributed by atoms with E-state index in [-0.39, 0.29) is 22.8 Å². The van der Waals surface area contributed by atoms with Crippen molar-refractivity contribution in [2.75, 3.05) is 15.8 Å². The van der Waals surface area contributed by atoms with Gasteiger partial charge >= 0.3 is 6.18 Å². The Balaban J connectivity index is 1.71. The highest BCUT2D eigenvalue weighted by atomic mass is 32.2. The molecule has 0 atom stereocenters. The Morgan fingerprint density at radius 1 is 0.976 bits per heavy atom. The van der Waals surface area contributed by atoms with E-state index in [1.807, 2.05) is 4.72 Å². The van der Waals surface area contributed by atoms with E-state index in [9.17, 15) is 30.8 Å². The number of anilines is 3. The topological polar surface area (TPSA) is 129 Å². The number of H-pyrrole nitrogens is 1. The summed E-state index contributed by atoms with van der Waals surface area (Å²) >= 11 is 0. The van der Waals surface area contributed by atoms with Crippen LogP contribution in [0.5, 0.6) is 0 Å². The summed E-state index contributed by atoms with van der Waals surface area (Å²) < 4.78 is 96.3. The van der Waals surface area contributed by atoms with Crippen LogP contribution in [-0.4, -0.2) is 25.0 Å². The van der Waals surface area contributed by atoms with E-state index in [1.54, 1.807) is 30.3 Å². The molecule has 0 amide bonds. The first-order valence-electron chi connectivity index (χ1n) is 11.5. The minimum absolute atomic E-state index is 0.0216. The Kier molecular flexibility index (Phi) is 7.96. The second kappa shape index (κ2) is 11.3. The largest absolute Gasteiger partial charge is 0.416 e. The first kappa shape index (κ1) is 29.0. The Morgan fingerprint density at radius 2 is 1.63 bits per heavy atom. The van der Waals surface area contributed by atoms with E-state index in [0.717, 1.165) is 18.5 Å². The van der Waals surface area contributed by atoms with Gasteiger partial charge in [-0.1, -0.05) is 24.8 Å². The molecular weight excluding hydrogens is 569 g/mol. The number of aromatic nitrogens is 1. The van der Waals surface area contributed by atoms with Gasteiger partial charge in [0.2, 0.25) is 5.78 Å². The van der Waals surface area contributed by atoms with E-state index in [2.05, 4.69) is 21.9 Å². The Morgan fingerprint density at radius 3 is 2.24 bits per heavy atom. The smallest absolute Gasteiger partial charge is 0.385 e. The summed E-state index contributed by atoms with van der Waals surface area (Å²) in [6.45, 7) is 3.53. The van der Waals surface area contributed by atoms with Crippen molar-refractivity contribution in [2.24, 2.45) is 4.99 Å². The third-order valence-electron chi connectivity index (χ3n) is 5.70. The highest BCUT2D eigenvalue weighted by molar-refractivity contribution is 7.92. The SMILES string of the molecule is C=CN=C(Nc1ccccc1)c1c(C(=O)c2c(F)ccc(NS(=O)(=O)c3ccc(C(F)(F)F)cc3)c2F)c[nH]c1N. The second-order valence-corrected chi connectivity index (χ2v) is 10.1. The van der Waals surface area contributed by atoms with Crippen LogP contribution in [0.25, 0.3) is 0 Å². The number of carbonyl (C=O) groups excluding carboxylic acids is 1. The van der Waals surface area contributed by atoms with Crippen molar-refractivity contribution in [3.8, 4) is 0 Å². The third kappa shape index (κ3) is 6.11. The van der Waals surface area contributed by atoms with E-state index >= 15 is 4.39 Å². The van der Waals surface area contributed by atoms with Gasteiger partial charge in [-0.05, 0) is 48.5 Å². The summed E-state index contributed by atoms with van der Waals surface area (Å²) in [6, 6.07) is 12.4. The number of nitrogens with one attached hydrogen (secondary N) is 3. The highest BCUT2D eigenvalue weighted by Gasteiger charge is 2.32. The number of nitrogens with two attached hydrogens (primary N) is 1. The quantitative estimate of drug-likeness (QED) is 0.0877. The number of carbonyl (C=O) groups is 1. The van der Waals surface area contributed by atoms with Crippen molar-refractivity contribution in [1.82, 2.24) is 4.98 Å². The summed E-state index contributed by atoms with van der Waals surface area (Å²) in [5.41, 5.74) is 3.20. The first-order chi connectivity index (χ1) is 19.3. The van der Waals surface area contributed by atoms with Gasteiger partial charge in [-0.3, -0.25) is 9.52 Å². The number of sulfonamides is 1. The molecule has 1 aromatic heterocycles. The maximum Gasteiger partial charge on any atom is 0.416 e. The van der Waals surface area contributed by atoms with Gasteiger partial charge in [-0.2, -0.15) is 13.2 Å². The lowest BCUT2D eigenvalue weighted by Crippen LogP contribution is -2.20. The van der Waals surface area contributed by atoms with Crippen LogP contribution in [0.15, 0.2) is 95.6 Å². The van der Waals surface area contributed by atoms with Crippen LogP contribution in [0.2, 0.25) is 0 Å². The van der Waals surface area contributed by atoms with Gasteiger partial charge in [0.25, 0.3) is 10.0 Å². The third-order valence-corrected chi connectivity index (χ3v) is 7.08. The first-order valence-corrected chi connectivity index (χ1v) is 13.0. The van der Waals surface area contributed by atoms with Crippen molar-refractivity contribution >= 4 is 38.8 Å². The highest BCUT2D eigenvalue weighted by Crippen LogP contribution is 2.31. The number of nitrogen functional groups attached to an aromatic ring is 1. The molecule has 3 aromatic carbocycles. The second-order valence-electron chi connectivity index (χ2n) is 8.38. The lowest BCUT2D eigenvalue weighted by Gasteiger charge is -2.14. The molecule has 0 radical (unpaired) electrons. The number of aliphatic imine (C=N–C) groups is 1. The minimum atomic E-state index is -4.71. The predicted molar refractivity (Wildman–Crippen MR) is 144 cm³/mol. The standard InChI is InChI=1S/C27H20F5N5O3S/c1-2-34-26(36-16-6-4-3-5-7-16)21-18(14-35-25(21)33)24(38)22-19(28)12-13-20(23(22)29)37-41(39,40)17-10-8-15(9-11-17)27(30,31)32/h2-14,35,37H,1,33H2,(H,34,36). The maximum absolute atomic E-state index is 15.5. The minimum Gasteiger partial charge on any atom is -0.385 e. The molecule has 0 aliphatic heterocycles.